The Balaban J connectivity index is 2.00. The number of hydrogen-bond donors (Lipinski definition) is 1. The van der Waals surface area contributed by atoms with Gasteiger partial charge >= 0.3 is 0 Å². The van der Waals surface area contributed by atoms with E-state index in [1.807, 2.05) is 36.0 Å². The lowest BCUT2D eigenvalue weighted by Gasteiger charge is -2.17. The Morgan fingerprint density at radius 2 is 2.07 bits per heavy atom. The highest BCUT2D eigenvalue weighted by atomic mass is 35.5. The summed E-state index contributed by atoms with van der Waals surface area (Å²) in [5.74, 6) is 1.27. The normalized spacial score (nSPS) is 26.4. The number of nitrogens with one attached hydrogen (secondary N) is 1. The molecule has 0 saturated carbocycles. The summed E-state index contributed by atoms with van der Waals surface area (Å²) in [6.07, 6.45) is 1.26. The van der Waals surface area contributed by atoms with Crippen molar-refractivity contribution in [2.24, 2.45) is 0 Å². The molecule has 2 rings (SSSR count). The fraction of sp³-hybridized carbons (Fsp3) is 0.455. The van der Waals surface area contributed by atoms with Crippen LogP contribution in [0.5, 0.6) is 0 Å². The van der Waals surface area contributed by atoms with Gasteiger partial charge in [-0.15, -0.1) is 0 Å². The summed E-state index contributed by atoms with van der Waals surface area (Å²) in [4.78, 5) is 0. The van der Waals surface area contributed by atoms with Crippen LogP contribution in [-0.4, -0.2) is 17.0 Å². The molecule has 3 heteroatoms. The SMILES string of the molecule is CC1SCCC1Nc1ccc(Cl)cc1. The van der Waals surface area contributed by atoms with E-state index in [1.165, 1.54) is 17.9 Å². The molecule has 1 aromatic carbocycles. The first-order valence-electron chi connectivity index (χ1n) is 4.89. The molecule has 2 atom stereocenters. The molecule has 0 aromatic heterocycles. The number of anilines is 1. The van der Waals surface area contributed by atoms with Crippen LogP contribution in [0.25, 0.3) is 0 Å². The number of thioether (sulfide) groups is 1. The second-order valence-corrected chi connectivity index (χ2v) is 5.54. The molecule has 0 spiro atoms. The smallest absolute Gasteiger partial charge is 0.0407 e. The maximum absolute atomic E-state index is 5.83. The molecule has 0 radical (unpaired) electrons. The highest BCUT2D eigenvalue weighted by Gasteiger charge is 2.23. The van der Waals surface area contributed by atoms with Crippen LogP contribution in [0, 0.1) is 0 Å². The van der Waals surface area contributed by atoms with Crippen LogP contribution in [-0.2, 0) is 0 Å². The maximum atomic E-state index is 5.83. The van der Waals surface area contributed by atoms with Gasteiger partial charge < -0.3 is 5.32 Å². The van der Waals surface area contributed by atoms with E-state index < -0.39 is 0 Å². The topological polar surface area (TPSA) is 12.0 Å². The molecule has 1 fully saturated rings. The predicted molar refractivity (Wildman–Crippen MR) is 65.4 cm³/mol. The Bertz CT molecular complexity index is 299. The molecular formula is C11H14ClNS. The lowest BCUT2D eigenvalue weighted by molar-refractivity contribution is 0.724. The van der Waals surface area contributed by atoms with Gasteiger partial charge in [0.15, 0.2) is 0 Å². The summed E-state index contributed by atoms with van der Waals surface area (Å²) in [6, 6.07) is 8.55. The van der Waals surface area contributed by atoms with Gasteiger partial charge in [0.05, 0.1) is 0 Å². The second-order valence-electron chi connectivity index (χ2n) is 3.62. The van der Waals surface area contributed by atoms with Crippen molar-refractivity contribution in [3.63, 3.8) is 0 Å². The van der Waals surface area contributed by atoms with Gasteiger partial charge in [0.2, 0.25) is 0 Å². The van der Waals surface area contributed by atoms with Crippen molar-refractivity contribution in [2.75, 3.05) is 11.1 Å². The summed E-state index contributed by atoms with van der Waals surface area (Å²) in [6.45, 7) is 2.28. The minimum atomic E-state index is 0.612. The van der Waals surface area contributed by atoms with Crippen molar-refractivity contribution in [3.8, 4) is 0 Å². The van der Waals surface area contributed by atoms with Crippen molar-refractivity contribution in [2.45, 2.75) is 24.6 Å². The van der Waals surface area contributed by atoms with Gasteiger partial charge in [-0.2, -0.15) is 11.8 Å². The average molecular weight is 228 g/mol. The van der Waals surface area contributed by atoms with Crippen LogP contribution in [0.15, 0.2) is 24.3 Å². The van der Waals surface area contributed by atoms with Crippen molar-refractivity contribution in [3.05, 3.63) is 29.3 Å². The first-order valence-corrected chi connectivity index (χ1v) is 6.32. The number of benzene rings is 1. The highest BCUT2D eigenvalue weighted by Crippen LogP contribution is 2.29. The van der Waals surface area contributed by atoms with Crippen LogP contribution in [0.1, 0.15) is 13.3 Å². The first kappa shape index (κ1) is 10.2. The van der Waals surface area contributed by atoms with Crippen LogP contribution in [0.4, 0.5) is 5.69 Å². The highest BCUT2D eigenvalue weighted by molar-refractivity contribution is 8.00. The zero-order chi connectivity index (χ0) is 9.97. The monoisotopic (exact) mass is 227 g/mol. The molecule has 1 nitrogen and oxygen atoms in total. The van der Waals surface area contributed by atoms with E-state index in [1.54, 1.807) is 0 Å². The third-order valence-electron chi connectivity index (χ3n) is 2.57. The average Bonchev–Trinajstić information content (AvgIpc) is 2.56. The molecule has 0 amide bonds. The second kappa shape index (κ2) is 4.45. The van der Waals surface area contributed by atoms with Crippen LogP contribution in [0.2, 0.25) is 5.02 Å². The van der Waals surface area contributed by atoms with Crippen LogP contribution in [0.3, 0.4) is 0 Å². The molecule has 0 bridgehead atoms. The summed E-state index contributed by atoms with van der Waals surface area (Å²) in [5, 5.41) is 5.05. The molecule has 1 saturated heterocycles. The van der Waals surface area contributed by atoms with Gasteiger partial charge in [-0.05, 0) is 36.4 Å². The van der Waals surface area contributed by atoms with E-state index >= 15 is 0 Å². The lowest BCUT2D eigenvalue weighted by atomic mass is 10.1. The summed E-state index contributed by atoms with van der Waals surface area (Å²) >= 11 is 7.86. The number of rotatable bonds is 2. The molecule has 1 N–H and O–H groups in total. The van der Waals surface area contributed by atoms with Crippen molar-refractivity contribution in [1.82, 2.24) is 0 Å². The molecule has 1 aromatic rings. The minimum absolute atomic E-state index is 0.612. The Hall–Kier alpha value is -0.340. The molecule has 76 valence electrons. The van der Waals surface area contributed by atoms with Gasteiger partial charge in [0, 0.05) is 22.0 Å². The van der Waals surface area contributed by atoms with Crippen molar-refractivity contribution >= 4 is 29.1 Å². The summed E-state index contributed by atoms with van der Waals surface area (Å²) < 4.78 is 0. The Morgan fingerprint density at radius 1 is 1.36 bits per heavy atom. The molecule has 2 unspecified atom stereocenters. The van der Waals surface area contributed by atoms with E-state index in [4.69, 9.17) is 11.6 Å². The zero-order valence-corrected chi connectivity index (χ0v) is 9.74. The first-order chi connectivity index (χ1) is 6.75. The van der Waals surface area contributed by atoms with Crippen LogP contribution >= 0.6 is 23.4 Å². The Kier molecular flexibility index (Phi) is 3.24. The molecule has 1 aliphatic heterocycles. The van der Waals surface area contributed by atoms with Gasteiger partial charge in [0.25, 0.3) is 0 Å². The Morgan fingerprint density at radius 3 is 2.64 bits per heavy atom. The fourth-order valence-electron chi connectivity index (χ4n) is 1.68. The van der Waals surface area contributed by atoms with E-state index in [0.717, 1.165) is 5.02 Å². The van der Waals surface area contributed by atoms with Gasteiger partial charge in [-0.25, -0.2) is 0 Å². The number of hydrogen-bond acceptors (Lipinski definition) is 2. The van der Waals surface area contributed by atoms with Gasteiger partial charge in [-0.3, -0.25) is 0 Å². The lowest BCUT2D eigenvalue weighted by Crippen LogP contribution is -2.24. The fourth-order valence-corrected chi connectivity index (χ4v) is 3.01. The van der Waals surface area contributed by atoms with E-state index in [2.05, 4.69) is 12.2 Å². The van der Waals surface area contributed by atoms with Gasteiger partial charge in [-0.1, -0.05) is 18.5 Å². The van der Waals surface area contributed by atoms with E-state index in [9.17, 15) is 0 Å². The third kappa shape index (κ3) is 2.37. The summed E-state index contributed by atoms with van der Waals surface area (Å²) in [7, 11) is 0. The molecule has 0 aliphatic carbocycles. The molecule has 14 heavy (non-hydrogen) atoms. The van der Waals surface area contributed by atoms with Crippen LogP contribution < -0.4 is 5.32 Å². The molecule has 1 heterocycles. The van der Waals surface area contributed by atoms with Crippen molar-refractivity contribution in [1.29, 1.82) is 0 Å². The predicted octanol–water partition coefficient (Wildman–Crippen LogP) is 3.65. The van der Waals surface area contributed by atoms with Crippen molar-refractivity contribution < 1.29 is 0 Å². The van der Waals surface area contributed by atoms with Gasteiger partial charge in [0.1, 0.15) is 0 Å². The third-order valence-corrected chi connectivity index (χ3v) is 4.15. The maximum Gasteiger partial charge on any atom is 0.0407 e. The largest absolute Gasteiger partial charge is 0.381 e. The standard InChI is InChI=1S/C11H14ClNS/c1-8-11(6-7-14-8)13-10-4-2-9(12)3-5-10/h2-5,8,11,13H,6-7H2,1H3. The number of halogens is 1. The Labute approximate surface area is 94.2 Å². The molecule has 1 aliphatic rings. The molecular weight excluding hydrogens is 214 g/mol. The van der Waals surface area contributed by atoms with E-state index in [-0.39, 0.29) is 0 Å². The minimum Gasteiger partial charge on any atom is -0.381 e. The summed E-state index contributed by atoms with van der Waals surface area (Å²) in [5.41, 5.74) is 1.17. The van der Waals surface area contributed by atoms with E-state index in [0.29, 0.717) is 11.3 Å². The zero-order valence-electron chi connectivity index (χ0n) is 8.16. The quantitative estimate of drug-likeness (QED) is 0.828.